The number of alkyl halides is 2. The van der Waals surface area contributed by atoms with Crippen LogP contribution < -0.4 is 0 Å². The summed E-state index contributed by atoms with van der Waals surface area (Å²) in [6.45, 7) is 1.47. The number of ketones is 1. The first kappa shape index (κ1) is 9.08. The van der Waals surface area contributed by atoms with Crippen molar-refractivity contribution in [3.8, 4) is 0 Å². The molecule has 54 valence electrons. The van der Waals surface area contributed by atoms with Gasteiger partial charge in [0.25, 0.3) is 0 Å². The highest BCUT2D eigenvalue weighted by molar-refractivity contribution is 9.09. The van der Waals surface area contributed by atoms with E-state index in [0.717, 1.165) is 0 Å². The quantitative estimate of drug-likeness (QED) is 0.630. The van der Waals surface area contributed by atoms with Crippen LogP contribution in [0, 0.1) is 0 Å². The minimum absolute atomic E-state index is 0.0543. The molecule has 3 heteroatoms. The summed E-state index contributed by atoms with van der Waals surface area (Å²) in [5.74, 6) is 0.0543. The molecular weight excluding hydrogens is 187 g/mol. The maximum Gasteiger partial charge on any atom is 0.129 e. The van der Waals surface area contributed by atoms with Gasteiger partial charge in [0.1, 0.15) is 12.0 Å². The van der Waals surface area contributed by atoms with Gasteiger partial charge in [-0.05, 0) is 13.3 Å². The zero-order chi connectivity index (χ0) is 7.28. The third kappa shape index (κ3) is 5.96. The van der Waals surface area contributed by atoms with Crippen molar-refractivity contribution in [3.63, 3.8) is 0 Å². The SMILES string of the molecule is CC(=O)CCC(F)CBr. The second kappa shape index (κ2) is 4.91. The van der Waals surface area contributed by atoms with Crippen LogP contribution in [-0.4, -0.2) is 17.3 Å². The lowest BCUT2D eigenvalue weighted by Crippen LogP contribution is -2.03. The number of Topliss-reactive ketones (excluding diaryl/α,β-unsaturated/α-hetero) is 1. The zero-order valence-corrected chi connectivity index (χ0v) is 6.95. The first-order valence-corrected chi connectivity index (χ1v) is 3.98. The van der Waals surface area contributed by atoms with Crippen molar-refractivity contribution in [2.45, 2.75) is 25.9 Å². The predicted molar refractivity (Wildman–Crippen MR) is 38.6 cm³/mol. The summed E-state index contributed by atoms with van der Waals surface area (Å²) in [7, 11) is 0. The van der Waals surface area contributed by atoms with E-state index in [4.69, 9.17) is 0 Å². The van der Waals surface area contributed by atoms with Crippen molar-refractivity contribution in [3.05, 3.63) is 0 Å². The molecule has 0 amide bonds. The molecule has 0 aliphatic carbocycles. The number of rotatable bonds is 4. The molecule has 0 aliphatic heterocycles. The van der Waals surface area contributed by atoms with E-state index in [-0.39, 0.29) is 5.78 Å². The van der Waals surface area contributed by atoms with E-state index in [9.17, 15) is 9.18 Å². The highest BCUT2D eigenvalue weighted by Crippen LogP contribution is 2.04. The van der Waals surface area contributed by atoms with Gasteiger partial charge in [-0.2, -0.15) is 0 Å². The van der Waals surface area contributed by atoms with E-state index in [2.05, 4.69) is 15.9 Å². The molecule has 0 spiro atoms. The van der Waals surface area contributed by atoms with Gasteiger partial charge >= 0.3 is 0 Å². The van der Waals surface area contributed by atoms with Crippen LogP contribution in [-0.2, 0) is 4.79 Å². The normalized spacial score (nSPS) is 13.2. The lowest BCUT2D eigenvalue weighted by atomic mass is 10.2. The van der Waals surface area contributed by atoms with Crippen molar-refractivity contribution in [2.75, 3.05) is 5.33 Å². The van der Waals surface area contributed by atoms with Crippen LogP contribution in [0.25, 0.3) is 0 Å². The van der Waals surface area contributed by atoms with Crippen molar-refractivity contribution < 1.29 is 9.18 Å². The van der Waals surface area contributed by atoms with Gasteiger partial charge in [-0.3, -0.25) is 0 Å². The molecule has 1 unspecified atom stereocenters. The third-order valence-corrected chi connectivity index (χ3v) is 1.68. The highest BCUT2D eigenvalue weighted by Gasteiger charge is 2.04. The molecule has 0 fully saturated rings. The van der Waals surface area contributed by atoms with Crippen LogP contribution >= 0.6 is 15.9 Å². The fraction of sp³-hybridized carbons (Fsp3) is 0.833. The second-order valence-electron chi connectivity index (χ2n) is 1.99. The Morgan fingerprint density at radius 2 is 2.33 bits per heavy atom. The van der Waals surface area contributed by atoms with Gasteiger partial charge in [-0.1, -0.05) is 15.9 Å². The van der Waals surface area contributed by atoms with Crippen molar-refractivity contribution in [2.24, 2.45) is 0 Å². The molecule has 0 aromatic heterocycles. The van der Waals surface area contributed by atoms with Crippen LogP contribution in [0.15, 0.2) is 0 Å². The molecule has 1 nitrogen and oxygen atoms in total. The van der Waals surface area contributed by atoms with Crippen LogP contribution in [0.3, 0.4) is 0 Å². The summed E-state index contributed by atoms with van der Waals surface area (Å²) in [4.78, 5) is 10.3. The van der Waals surface area contributed by atoms with Gasteiger partial charge in [0.05, 0.1) is 0 Å². The Labute approximate surface area is 62.8 Å². The average Bonchev–Trinajstić information content (AvgIpc) is 1.83. The Morgan fingerprint density at radius 1 is 1.78 bits per heavy atom. The minimum Gasteiger partial charge on any atom is -0.300 e. The average molecular weight is 197 g/mol. The van der Waals surface area contributed by atoms with E-state index in [1.165, 1.54) is 6.92 Å². The van der Waals surface area contributed by atoms with Crippen LogP contribution in [0.2, 0.25) is 0 Å². The molecule has 0 aliphatic rings. The van der Waals surface area contributed by atoms with Crippen LogP contribution in [0.5, 0.6) is 0 Å². The Morgan fingerprint density at radius 3 is 2.67 bits per heavy atom. The third-order valence-electron chi connectivity index (χ3n) is 0.977. The maximum absolute atomic E-state index is 12.3. The fourth-order valence-corrected chi connectivity index (χ4v) is 0.761. The van der Waals surface area contributed by atoms with E-state index < -0.39 is 6.17 Å². The monoisotopic (exact) mass is 196 g/mol. The molecule has 1 atom stereocenters. The van der Waals surface area contributed by atoms with Gasteiger partial charge in [0.2, 0.25) is 0 Å². The molecule has 0 aromatic rings. The number of hydrogen-bond donors (Lipinski definition) is 0. The number of halogens is 2. The van der Waals surface area contributed by atoms with E-state index >= 15 is 0 Å². The molecule has 0 saturated heterocycles. The Kier molecular flexibility index (Phi) is 4.96. The molecule has 0 bridgehead atoms. The molecule has 0 N–H and O–H groups in total. The van der Waals surface area contributed by atoms with Crippen LogP contribution in [0.1, 0.15) is 19.8 Å². The van der Waals surface area contributed by atoms with Crippen molar-refractivity contribution in [1.29, 1.82) is 0 Å². The maximum atomic E-state index is 12.3. The summed E-state index contributed by atoms with van der Waals surface area (Å²) in [6, 6.07) is 0. The summed E-state index contributed by atoms with van der Waals surface area (Å²) in [5, 5.41) is 0.334. The number of hydrogen-bond acceptors (Lipinski definition) is 1. The van der Waals surface area contributed by atoms with Crippen molar-refractivity contribution >= 4 is 21.7 Å². The molecule has 0 aromatic carbocycles. The van der Waals surface area contributed by atoms with E-state index in [1.54, 1.807) is 0 Å². The summed E-state index contributed by atoms with van der Waals surface area (Å²) in [6.07, 6.45) is -0.165. The summed E-state index contributed by atoms with van der Waals surface area (Å²) >= 11 is 2.98. The smallest absolute Gasteiger partial charge is 0.129 e. The van der Waals surface area contributed by atoms with Gasteiger partial charge in [0.15, 0.2) is 0 Å². The van der Waals surface area contributed by atoms with Gasteiger partial charge in [-0.15, -0.1) is 0 Å². The molecule has 0 radical (unpaired) electrons. The number of carbonyl (C=O) groups excluding carboxylic acids is 1. The molecule has 9 heavy (non-hydrogen) atoms. The zero-order valence-electron chi connectivity index (χ0n) is 5.36. The first-order chi connectivity index (χ1) is 4.16. The predicted octanol–water partition coefficient (Wildman–Crippen LogP) is 2.09. The van der Waals surface area contributed by atoms with E-state index in [1.807, 2.05) is 0 Å². The number of carbonyl (C=O) groups is 1. The van der Waals surface area contributed by atoms with Crippen LogP contribution in [0.4, 0.5) is 4.39 Å². The molecule has 0 heterocycles. The van der Waals surface area contributed by atoms with Gasteiger partial charge in [0, 0.05) is 11.8 Å². The molecular formula is C6H10BrFO. The van der Waals surface area contributed by atoms with Gasteiger partial charge in [-0.25, -0.2) is 4.39 Å². The molecule has 0 saturated carbocycles. The Bertz CT molecular complexity index is 95.1. The minimum atomic E-state index is -0.867. The lowest BCUT2D eigenvalue weighted by Gasteiger charge is -1.99. The summed E-state index contributed by atoms with van der Waals surface area (Å²) < 4.78 is 12.3. The molecule has 0 rings (SSSR count). The van der Waals surface area contributed by atoms with E-state index in [0.29, 0.717) is 18.2 Å². The second-order valence-corrected chi connectivity index (χ2v) is 2.64. The Balaban J connectivity index is 3.16. The summed E-state index contributed by atoms with van der Waals surface area (Å²) in [5.41, 5.74) is 0. The fourth-order valence-electron chi connectivity index (χ4n) is 0.437. The van der Waals surface area contributed by atoms with Crippen molar-refractivity contribution in [1.82, 2.24) is 0 Å². The lowest BCUT2D eigenvalue weighted by molar-refractivity contribution is -0.117. The highest BCUT2D eigenvalue weighted by atomic mass is 79.9. The Hall–Kier alpha value is 0.0800. The topological polar surface area (TPSA) is 17.1 Å². The van der Waals surface area contributed by atoms with Gasteiger partial charge < -0.3 is 4.79 Å². The first-order valence-electron chi connectivity index (χ1n) is 2.86. The largest absolute Gasteiger partial charge is 0.300 e. The standard InChI is InChI=1S/C6H10BrFO/c1-5(9)2-3-6(8)4-7/h6H,2-4H2,1H3.